The number of ether oxygens (including phenoxy) is 1. The highest BCUT2D eigenvalue weighted by Crippen LogP contribution is 2.31. The number of amides is 1. The number of carbonyl (C=O) groups excluding carboxylic acids is 1. The summed E-state index contributed by atoms with van der Waals surface area (Å²) >= 11 is 3.28. The Labute approximate surface area is 193 Å². The fraction of sp³-hybridized carbons (Fsp3) is 0.273. The van der Waals surface area contributed by atoms with Crippen molar-refractivity contribution in [2.24, 2.45) is 0 Å². The zero-order valence-corrected chi connectivity index (χ0v) is 19.4. The molecular formula is C22H23N5O3S2. The zero-order chi connectivity index (χ0) is 21.4. The second-order valence-electron chi connectivity index (χ2n) is 7.25. The van der Waals surface area contributed by atoms with Gasteiger partial charge in [0.15, 0.2) is 0 Å². The highest BCUT2D eigenvalue weighted by molar-refractivity contribution is 7.98. The Morgan fingerprint density at radius 3 is 2.53 bits per heavy atom. The molecule has 2 N–H and O–H groups in total. The first kappa shape index (κ1) is 22.4. The van der Waals surface area contributed by atoms with Crippen LogP contribution in [0.25, 0.3) is 27.4 Å². The molecule has 1 aromatic carbocycles. The average molecular weight is 470 g/mol. The lowest BCUT2D eigenvalue weighted by Gasteiger charge is -2.26. The van der Waals surface area contributed by atoms with Crippen LogP contribution in [0, 0.1) is 6.92 Å². The molecular weight excluding hydrogens is 446 g/mol. The lowest BCUT2D eigenvalue weighted by Crippen LogP contribution is -2.40. The number of thioether (sulfide) groups is 1. The van der Waals surface area contributed by atoms with E-state index in [0.717, 1.165) is 31.2 Å². The van der Waals surface area contributed by atoms with Crippen LogP contribution in [0.15, 0.2) is 47.9 Å². The molecule has 0 bridgehead atoms. The average Bonchev–Trinajstić information content (AvgIpc) is 3.42. The van der Waals surface area contributed by atoms with Crippen LogP contribution in [0.4, 0.5) is 0 Å². The number of nitrogens with zero attached hydrogens (tertiary/aromatic N) is 5. The summed E-state index contributed by atoms with van der Waals surface area (Å²) in [5.41, 5.74) is 2.48. The first-order valence-electron chi connectivity index (χ1n) is 9.95. The molecule has 32 heavy (non-hydrogen) atoms. The highest BCUT2D eigenvalue weighted by Gasteiger charge is 2.20. The fourth-order valence-electron chi connectivity index (χ4n) is 3.65. The molecule has 3 aromatic heterocycles. The largest absolute Gasteiger partial charge is 0.412 e. The number of carbonyl (C=O) groups is 1. The summed E-state index contributed by atoms with van der Waals surface area (Å²) in [4.78, 5) is 30.7. The topological polar surface area (TPSA) is 105 Å². The molecule has 1 aliphatic heterocycles. The van der Waals surface area contributed by atoms with Gasteiger partial charge in [-0.05, 0) is 25.3 Å². The normalized spacial score (nSPS) is 13.9. The Balaban J connectivity index is 0.00000245. The van der Waals surface area contributed by atoms with E-state index in [9.17, 15) is 4.79 Å². The summed E-state index contributed by atoms with van der Waals surface area (Å²) in [5, 5.41) is 1.99. The van der Waals surface area contributed by atoms with E-state index in [-0.39, 0.29) is 11.4 Å². The van der Waals surface area contributed by atoms with E-state index in [4.69, 9.17) is 4.74 Å². The number of aryl methyl sites for hydroxylation is 1. The molecule has 0 aliphatic carbocycles. The first-order valence-corrected chi connectivity index (χ1v) is 12.0. The molecule has 1 amide bonds. The summed E-state index contributed by atoms with van der Waals surface area (Å²) in [6.45, 7) is 4.44. The van der Waals surface area contributed by atoms with Crippen LogP contribution >= 0.6 is 23.1 Å². The third-order valence-corrected chi connectivity index (χ3v) is 6.98. The zero-order valence-electron chi connectivity index (χ0n) is 17.7. The molecule has 4 aromatic rings. The van der Waals surface area contributed by atoms with E-state index in [2.05, 4.69) is 15.0 Å². The standard InChI is InChI=1S/C22H21N5O2S2.H2O/c1-14-10-23-20(31-14)16-11-24-22(25-12-16)27-13-19(30-2)17-4-3-15(9-18(17)27)21(28)26-5-7-29-8-6-26;/h3-4,9-13H,5-8H2,1-2H3;1H2. The van der Waals surface area contributed by atoms with Crippen molar-refractivity contribution in [1.82, 2.24) is 24.4 Å². The van der Waals surface area contributed by atoms with Gasteiger partial charge < -0.3 is 15.1 Å². The Bertz CT molecular complexity index is 1250. The summed E-state index contributed by atoms with van der Waals surface area (Å²) in [7, 11) is 0. The maximum absolute atomic E-state index is 13.0. The lowest BCUT2D eigenvalue weighted by atomic mass is 10.1. The van der Waals surface area contributed by atoms with Crippen LogP contribution in [-0.2, 0) is 4.74 Å². The van der Waals surface area contributed by atoms with Crippen LogP contribution in [-0.4, -0.2) is 68.4 Å². The van der Waals surface area contributed by atoms with E-state index in [1.165, 1.54) is 0 Å². The third kappa shape index (κ3) is 4.14. The van der Waals surface area contributed by atoms with Gasteiger partial charge in [0.1, 0.15) is 5.01 Å². The maximum atomic E-state index is 13.0. The molecule has 0 unspecified atom stereocenters. The molecule has 8 nitrogen and oxygen atoms in total. The Morgan fingerprint density at radius 1 is 1.12 bits per heavy atom. The minimum Gasteiger partial charge on any atom is -0.412 e. The van der Waals surface area contributed by atoms with Gasteiger partial charge in [-0.25, -0.2) is 15.0 Å². The van der Waals surface area contributed by atoms with E-state index in [0.29, 0.717) is 37.8 Å². The molecule has 5 rings (SSSR count). The van der Waals surface area contributed by atoms with Crippen molar-refractivity contribution in [3.05, 3.63) is 53.4 Å². The molecule has 0 saturated carbocycles. The number of rotatable bonds is 4. The molecule has 0 atom stereocenters. The summed E-state index contributed by atoms with van der Waals surface area (Å²) in [6.07, 6.45) is 9.52. The second-order valence-corrected chi connectivity index (χ2v) is 9.33. The molecule has 1 aliphatic rings. The predicted octanol–water partition coefficient (Wildman–Crippen LogP) is 3.22. The number of hydrogen-bond donors (Lipinski definition) is 0. The van der Waals surface area contributed by atoms with Gasteiger partial charge in [-0.1, -0.05) is 6.07 Å². The van der Waals surface area contributed by atoms with Crippen molar-refractivity contribution < 1.29 is 15.0 Å². The SMILES string of the molecule is CSc1cn(-c2ncc(-c3ncc(C)s3)cn2)c2cc(C(=O)N3CCOCC3)ccc12.O. The van der Waals surface area contributed by atoms with Crippen molar-refractivity contribution in [1.29, 1.82) is 0 Å². The number of morpholine rings is 1. The van der Waals surface area contributed by atoms with Gasteiger partial charge in [0.05, 0.1) is 18.7 Å². The van der Waals surface area contributed by atoms with E-state index in [1.807, 2.05) is 53.2 Å². The molecule has 0 spiro atoms. The van der Waals surface area contributed by atoms with Crippen molar-refractivity contribution in [3.63, 3.8) is 0 Å². The Hall–Kier alpha value is -2.79. The number of aromatic nitrogens is 4. The minimum atomic E-state index is 0. The Morgan fingerprint density at radius 2 is 1.88 bits per heavy atom. The van der Waals surface area contributed by atoms with Crippen molar-refractivity contribution in [3.8, 4) is 16.5 Å². The van der Waals surface area contributed by atoms with E-state index in [1.54, 1.807) is 35.5 Å². The predicted molar refractivity (Wildman–Crippen MR) is 127 cm³/mol. The van der Waals surface area contributed by atoms with Crippen LogP contribution in [0.1, 0.15) is 15.2 Å². The van der Waals surface area contributed by atoms with Crippen molar-refractivity contribution in [2.45, 2.75) is 11.8 Å². The third-order valence-electron chi connectivity index (χ3n) is 5.26. The fourth-order valence-corrected chi connectivity index (χ4v) is 4.99. The molecule has 0 radical (unpaired) electrons. The van der Waals surface area contributed by atoms with Gasteiger partial charge in [0.2, 0.25) is 5.95 Å². The van der Waals surface area contributed by atoms with Gasteiger partial charge in [-0.15, -0.1) is 23.1 Å². The quantitative estimate of drug-likeness (QED) is 0.425. The second kappa shape index (κ2) is 9.37. The number of fused-ring (bicyclic) bond motifs is 1. The highest BCUT2D eigenvalue weighted by atomic mass is 32.2. The molecule has 166 valence electrons. The van der Waals surface area contributed by atoms with Crippen molar-refractivity contribution in [2.75, 3.05) is 32.6 Å². The van der Waals surface area contributed by atoms with Crippen LogP contribution in [0.2, 0.25) is 0 Å². The smallest absolute Gasteiger partial charge is 0.254 e. The van der Waals surface area contributed by atoms with Gasteiger partial charge in [0.25, 0.3) is 5.91 Å². The number of benzene rings is 1. The van der Waals surface area contributed by atoms with Gasteiger partial charge in [-0.2, -0.15) is 0 Å². The number of hydrogen-bond acceptors (Lipinski definition) is 7. The molecule has 1 fully saturated rings. The summed E-state index contributed by atoms with van der Waals surface area (Å²) in [5.74, 6) is 0.595. The molecule has 4 heterocycles. The monoisotopic (exact) mass is 469 g/mol. The summed E-state index contributed by atoms with van der Waals surface area (Å²) in [6, 6.07) is 5.85. The molecule has 1 saturated heterocycles. The lowest BCUT2D eigenvalue weighted by molar-refractivity contribution is 0.0303. The van der Waals surface area contributed by atoms with Crippen LogP contribution in [0.3, 0.4) is 0 Å². The van der Waals surface area contributed by atoms with Gasteiger partial charge >= 0.3 is 0 Å². The first-order chi connectivity index (χ1) is 15.1. The maximum Gasteiger partial charge on any atom is 0.254 e. The molecule has 10 heteroatoms. The number of thiazole rings is 1. The van der Waals surface area contributed by atoms with Crippen molar-refractivity contribution >= 4 is 39.9 Å². The van der Waals surface area contributed by atoms with Gasteiger partial charge in [0, 0.05) is 64.2 Å². The van der Waals surface area contributed by atoms with Gasteiger partial charge in [-0.3, -0.25) is 9.36 Å². The Kier molecular flexibility index (Phi) is 6.56. The van der Waals surface area contributed by atoms with Crippen LogP contribution < -0.4 is 0 Å². The summed E-state index contributed by atoms with van der Waals surface area (Å²) < 4.78 is 7.33. The van der Waals surface area contributed by atoms with E-state index < -0.39 is 0 Å². The van der Waals surface area contributed by atoms with Crippen LogP contribution in [0.5, 0.6) is 0 Å². The minimum absolute atomic E-state index is 0. The van der Waals surface area contributed by atoms with E-state index >= 15 is 0 Å².